The molecule has 100 valence electrons. The summed E-state index contributed by atoms with van der Waals surface area (Å²) in [6, 6.07) is 5.18. The van der Waals surface area contributed by atoms with Crippen LogP contribution in [0.15, 0.2) is 23.8 Å². The molecule has 0 aliphatic carbocycles. The van der Waals surface area contributed by atoms with E-state index in [1.165, 1.54) is 13.0 Å². The Morgan fingerprint density at radius 1 is 1.37 bits per heavy atom. The fourth-order valence-corrected chi connectivity index (χ4v) is 2.11. The smallest absolute Gasteiger partial charge is 0.332 e. The zero-order chi connectivity index (χ0) is 13.8. The summed E-state index contributed by atoms with van der Waals surface area (Å²) in [7, 11) is 0. The molecule has 2 rings (SSSR count). The molecule has 5 nitrogen and oxygen atoms in total. The highest BCUT2D eigenvalue weighted by Crippen LogP contribution is 2.33. The van der Waals surface area contributed by atoms with E-state index in [0.29, 0.717) is 17.1 Å². The maximum atomic E-state index is 11.1. The molecule has 0 atom stereocenters. The molecule has 19 heavy (non-hydrogen) atoms. The van der Waals surface area contributed by atoms with Crippen LogP contribution in [-0.4, -0.2) is 28.7 Å². The highest BCUT2D eigenvalue weighted by molar-refractivity contribution is 8.13. The minimum Gasteiger partial charge on any atom is -0.478 e. The molecule has 0 aromatic heterocycles. The summed E-state index contributed by atoms with van der Waals surface area (Å²) in [5.74, 6) is 0.343. The quantitative estimate of drug-likeness (QED) is 0.852. The van der Waals surface area contributed by atoms with E-state index >= 15 is 0 Å². The second-order valence-electron chi connectivity index (χ2n) is 3.87. The first-order valence-electron chi connectivity index (χ1n) is 5.53. The molecule has 0 bridgehead atoms. The predicted molar refractivity (Wildman–Crippen MR) is 71.3 cm³/mol. The highest BCUT2D eigenvalue weighted by atomic mass is 32.2. The molecule has 6 heteroatoms. The minimum absolute atomic E-state index is 0.113. The topological polar surface area (TPSA) is 72.8 Å². The Morgan fingerprint density at radius 2 is 2.11 bits per heavy atom. The van der Waals surface area contributed by atoms with Crippen molar-refractivity contribution in [3.05, 3.63) is 29.3 Å². The number of benzene rings is 1. The zero-order valence-corrected chi connectivity index (χ0v) is 11.0. The van der Waals surface area contributed by atoms with Crippen LogP contribution in [0.5, 0.6) is 11.5 Å². The van der Waals surface area contributed by atoms with Crippen molar-refractivity contribution in [3.63, 3.8) is 0 Å². The van der Waals surface area contributed by atoms with Crippen LogP contribution in [0, 0.1) is 0 Å². The van der Waals surface area contributed by atoms with Crippen LogP contribution >= 0.6 is 11.8 Å². The van der Waals surface area contributed by atoms with Crippen molar-refractivity contribution in [1.82, 2.24) is 0 Å². The molecular formula is C13H12O5S. The van der Waals surface area contributed by atoms with Crippen LogP contribution in [0.1, 0.15) is 12.5 Å². The van der Waals surface area contributed by atoms with Crippen molar-refractivity contribution < 1.29 is 24.2 Å². The van der Waals surface area contributed by atoms with E-state index in [1.807, 2.05) is 0 Å². The molecule has 0 radical (unpaired) electrons. The number of thioether (sulfide) groups is 1. The molecule has 1 aromatic carbocycles. The van der Waals surface area contributed by atoms with Gasteiger partial charge in [0.1, 0.15) is 0 Å². The Labute approximate surface area is 114 Å². The molecule has 1 aliphatic heterocycles. The fourth-order valence-electron chi connectivity index (χ4n) is 1.55. The van der Waals surface area contributed by atoms with Crippen LogP contribution in [0.4, 0.5) is 0 Å². The van der Waals surface area contributed by atoms with E-state index in [0.717, 1.165) is 11.8 Å². The van der Waals surface area contributed by atoms with Gasteiger partial charge >= 0.3 is 5.97 Å². The molecule has 1 aromatic rings. The first-order valence-corrected chi connectivity index (χ1v) is 6.51. The van der Waals surface area contributed by atoms with Crippen LogP contribution in [0.2, 0.25) is 0 Å². The van der Waals surface area contributed by atoms with Gasteiger partial charge in [-0.1, -0.05) is 17.8 Å². The van der Waals surface area contributed by atoms with Crippen molar-refractivity contribution in [3.8, 4) is 11.5 Å². The molecule has 1 heterocycles. The lowest BCUT2D eigenvalue weighted by Crippen LogP contribution is -2.04. The molecule has 0 saturated heterocycles. The van der Waals surface area contributed by atoms with E-state index < -0.39 is 5.97 Å². The van der Waals surface area contributed by atoms with Gasteiger partial charge in [-0.3, -0.25) is 4.79 Å². The molecule has 1 N–H and O–H groups in total. The van der Waals surface area contributed by atoms with Crippen molar-refractivity contribution in [2.45, 2.75) is 6.92 Å². The maximum Gasteiger partial charge on any atom is 0.332 e. The summed E-state index contributed by atoms with van der Waals surface area (Å²) in [5, 5.41) is 8.98. The molecule has 0 saturated carbocycles. The maximum absolute atomic E-state index is 11.1. The van der Waals surface area contributed by atoms with E-state index in [2.05, 4.69) is 0 Å². The molecule has 1 aliphatic rings. The summed E-state index contributed by atoms with van der Waals surface area (Å²) in [6.07, 6.45) is 1.53. The monoisotopic (exact) mass is 280 g/mol. The third-order valence-electron chi connectivity index (χ3n) is 2.44. The molecular weight excluding hydrogens is 268 g/mol. The number of hydrogen-bond donors (Lipinski definition) is 1. The number of carboxylic acids is 1. The van der Waals surface area contributed by atoms with Gasteiger partial charge in [0.2, 0.25) is 6.79 Å². The van der Waals surface area contributed by atoms with Gasteiger partial charge in [-0.15, -0.1) is 0 Å². The number of ether oxygens (including phenoxy) is 2. The van der Waals surface area contributed by atoms with Gasteiger partial charge in [0, 0.05) is 18.2 Å². The Kier molecular flexibility index (Phi) is 4.11. The summed E-state index contributed by atoms with van der Waals surface area (Å²) in [4.78, 5) is 22.0. The Balaban J connectivity index is 2.20. The average molecular weight is 280 g/mol. The minimum atomic E-state index is -1.04. The second-order valence-corrected chi connectivity index (χ2v) is 5.02. The normalized spacial score (nSPS) is 13.4. The number of carbonyl (C=O) groups is 2. The summed E-state index contributed by atoms with van der Waals surface area (Å²) in [6.45, 7) is 1.58. The van der Waals surface area contributed by atoms with Gasteiger partial charge in [0.15, 0.2) is 16.6 Å². The number of carbonyl (C=O) groups excluding carboxylic acids is 1. The zero-order valence-electron chi connectivity index (χ0n) is 10.2. The number of aliphatic carboxylic acids is 1. The fraction of sp³-hybridized carbons (Fsp3) is 0.231. The third-order valence-corrected chi connectivity index (χ3v) is 3.31. The Morgan fingerprint density at radius 3 is 2.79 bits per heavy atom. The average Bonchev–Trinajstić information content (AvgIpc) is 2.81. The number of fused-ring (bicyclic) bond motifs is 1. The lowest BCUT2D eigenvalue weighted by atomic mass is 10.1. The van der Waals surface area contributed by atoms with Crippen LogP contribution in [0.3, 0.4) is 0 Å². The number of hydrogen-bond acceptors (Lipinski definition) is 5. The first kappa shape index (κ1) is 13.5. The summed E-state index contributed by atoms with van der Waals surface area (Å²) < 4.78 is 10.4. The van der Waals surface area contributed by atoms with E-state index in [4.69, 9.17) is 14.6 Å². The van der Waals surface area contributed by atoms with Crippen LogP contribution < -0.4 is 9.47 Å². The van der Waals surface area contributed by atoms with E-state index in [-0.39, 0.29) is 23.2 Å². The van der Waals surface area contributed by atoms with E-state index in [1.54, 1.807) is 18.2 Å². The largest absolute Gasteiger partial charge is 0.478 e. The summed E-state index contributed by atoms with van der Waals surface area (Å²) >= 11 is 0.968. The molecule has 0 unspecified atom stereocenters. The lowest BCUT2D eigenvalue weighted by Gasteiger charge is -2.02. The summed E-state index contributed by atoms with van der Waals surface area (Å²) in [5.41, 5.74) is 0.866. The molecule has 0 spiro atoms. The van der Waals surface area contributed by atoms with Crippen LogP contribution in [-0.2, 0) is 9.59 Å². The van der Waals surface area contributed by atoms with E-state index in [9.17, 15) is 9.59 Å². The van der Waals surface area contributed by atoms with Crippen molar-refractivity contribution in [2.24, 2.45) is 0 Å². The molecule has 0 fully saturated rings. The van der Waals surface area contributed by atoms with Crippen molar-refractivity contribution >= 4 is 28.9 Å². The van der Waals surface area contributed by atoms with Crippen molar-refractivity contribution in [1.29, 1.82) is 0 Å². The Hall–Kier alpha value is -1.95. The van der Waals surface area contributed by atoms with Gasteiger partial charge in [0.05, 0.1) is 0 Å². The predicted octanol–water partition coefficient (Wildman–Crippen LogP) is 2.16. The Bertz CT molecular complexity index is 550. The number of rotatable bonds is 4. The van der Waals surface area contributed by atoms with Crippen molar-refractivity contribution in [2.75, 3.05) is 12.5 Å². The van der Waals surface area contributed by atoms with Gasteiger partial charge in [-0.25, -0.2) is 4.79 Å². The molecule has 0 amide bonds. The third kappa shape index (κ3) is 3.51. The van der Waals surface area contributed by atoms with Gasteiger partial charge in [-0.2, -0.15) is 0 Å². The van der Waals surface area contributed by atoms with Gasteiger partial charge in [-0.05, 0) is 23.8 Å². The SMILES string of the molecule is CC(=O)SC/C(=C\c1ccc2c(c1)OCO2)C(=O)O. The lowest BCUT2D eigenvalue weighted by molar-refractivity contribution is -0.132. The van der Waals surface area contributed by atoms with Gasteiger partial charge < -0.3 is 14.6 Å². The first-order chi connectivity index (χ1) is 9.06. The number of carboxylic acid groups (broad SMARTS) is 1. The van der Waals surface area contributed by atoms with Crippen LogP contribution in [0.25, 0.3) is 6.08 Å². The second kappa shape index (κ2) is 5.79. The highest BCUT2D eigenvalue weighted by Gasteiger charge is 2.14. The van der Waals surface area contributed by atoms with Gasteiger partial charge in [0.25, 0.3) is 0 Å². The standard InChI is InChI=1S/C13H12O5S/c1-8(14)19-6-10(13(15)16)4-9-2-3-11-12(5-9)18-7-17-11/h2-5H,6-7H2,1H3,(H,15,16)/b10-4+.